The Morgan fingerprint density at radius 3 is 2.72 bits per heavy atom. The fourth-order valence-electron chi connectivity index (χ4n) is 2.23. The number of methoxy groups -OCH3 is 2. The van der Waals surface area contributed by atoms with Crippen molar-refractivity contribution in [2.24, 2.45) is 7.05 Å². The maximum Gasteiger partial charge on any atom is 0.277 e. The molecule has 3 rings (SSSR count). The number of ether oxygens (including phenoxy) is 2. The van der Waals surface area contributed by atoms with Crippen molar-refractivity contribution in [1.82, 2.24) is 19.7 Å². The van der Waals surface area contributed by atoms with Crippen LogP contribution in [0.15, 0.2) is 30.7 Å². The summed E-state index contributed by atoms with van der Waals surface area (Å²) in [5, 5.41) is 12.0. The number of anilines is 1. The highest BCUT2D eigenvalue weighted by Gasteiger charge is 2.13. The lowest BCUT2D eigenvalue weighted by atomic mass is 10.1. The van der Waals surface area contributed by atoms with E-state index in [2.05, 4.69) is 20.5 Å². The van der Waals surface area contributed by atoms with Gasteiger partial charge in [-0.1, -0.05) is 17.4 Å². The van der Waals surface area contributed by atoms with Crippen LogP contribution in [0.1, 0.15) is 21.1 Å². The molecule has 1 aromatic carbocycles. The van der Waals surface area contributed by atoms with Gasteiger partial charge in [-0.25, -0.2) is 4.98 Å². The quantitative estimate of drug-likeness (QED) is 0.725. The van der Waals surface area contributed by atoms with Crippen LogP contribution in [0.5, 0.6) is 11.5 Å². The van der Waals surface area contributed by atoms with Crippen molar-refractivity contribution in [2.75, 3.05) is 19.5 Å². The van der Waals surface area contributed by atoms with Gasteiger partial charge in [0, 0.05) is 19.7 Å². The molecular formula is C16H17N5O3S. The maximum absolute atomic E-state index is 12.1. The summed E-state index contributed by atoms with van der Waals surface area (Å²) in [4.78, 5) is 16.1. The van der Waals surface area contributed by atoms with Gasteiger partial charge < -0.3 is 14.0 Å². The van der Waals surface area contributed by atoms with E-state index in [4.69, 9.17) is 9.47 Å². The number of hydrogen-bond donors (Lipinski definition) is 1. The zero-order chi connectivity index (χ0) is 17.8. The predicted molar refractivity (Wildman–Crippen MR) is 93.4 cm³/mol. The fourth-order valence-corrected chi connectivity index (χ4v) is 3.00. The van der Waals surface area contributed by atoms with Gasteiger partial charge in [0.15, 0.2) is 11.5 Å². The molecule has 130 valence electrons. The van der Waals surface area contributed by atoms with Crippen LogP contribution < -0.4 is 14.8 Å². The van der Waals surface area contributed by atoms with E-state index in [1.54, 1.807) is 38.4 Å². The summed E-state index contributed by atoms with van der Waals surface area (Å²) in [6, 6.07) is 5.68. The highest BCUT2D eigenvalue weighted by atomic mass is 32.1. The van der Waals surface area contributed by atoms with Crippen LogP contribution in [0, 0.1) is 0 Å². The number of amides is 1. The second kappa shape index (κ2) is 7.31. The summed E-state index contributed by atoms with van der Waals surface area (Å²) >= 11 is 1.32. The van der Waals surface area contributed by atoms with Gasteiger partial charge in [0.05, 0.1) is 20.5 Å². The summed E-state index contributed by atoms with van der Waals surface area (Å²) < 4.78 is 12.2. The SMILES string of the molecule is COc1ccc(Cc2nnc(NC(=O)c3cn(C)cn3)s2)cc1OC. The van der Waals surface area contributed by atoms with Gasteiger partial charge in [0.1, 0.15) is 10.7 Å². The number of benzene rings is 1. The summed E-state index contributed by atoms with van der Waals surface area (Å²) in [5.74, 6) is 1.02. The highest BCUT2D eigenvalue weighted by molar-refractivity contribution is 7.15. The third kappa shape index (κ3) is 3.94. The second-order valence-corrected chi connectivity index (χ2v) is 6.31. The first-order chi connectivity index (χ1) is 12.1. The van der Waals surface area contributed by atoms with Crippen molar-refractivity contribution < 1.29 is 14.3 Å². The van der Waals surface area contributed by atoms with Crippen LogP contribution in [-0.2, 0) is 13.5 Å². The molecule has 0 spiro atoms. The van der Waals surface area contributed by atoms with Crippen LogP contribution in [0.2, 0.25) is 0 Å². The van der Waals surface area contributed by atoms with Crippen molar-refractivity contribution in [3.63, 3.8) is 0 Å². The fraction of sp³-hybridized carbons (Fsp3) is 0.250. The van der Waals surface area contributed by atoms with E-state index in [9.17, 15) is 4.79 Å². The molecular weight excluding hydrogens is 342 g/mol. The molecule has 2 aromatic heterocycles. The molecule has 25 heavy (non-hydrogen) atoms. The van der Waals surface area contributed by atoms with Gasteiger partial charge in [-0.05, 0) is 17.7 Å². The molecule has 0 unspecified atom stereocenters. The summed E-state index contributed by atoms with van der Waals surface area (Å²) in [6.07, 6.45) is 3.79. The van der Waals surface area contributed by atoms with Crippen molar-refractivity contribution in [3.8, 4) is 11.5 Å². The molecule has 0 saturated carbocycles. The number of nitrogens with zero attached hydrogens (tertiary/aromatic N) is 4. The molecule has 1 N–H and O–H groups in total. The molecule has 0 saturated heterocycles. The lowest BCUT2D eigenvalue weighted by Crippen LogP contribution is -2.12. The van der Waals surface area contributed by atoms with E-state index in [1.807, 2.05) is 18.2 Å². The Morgan fingerprint density at radius 1 is 1.24 bits per heavy atom. The molecule has 0 aliphatic carbocycles. The number of carbonyl (C=O) groups is 1. The lowest BCUT2D eigenvalue weighted by molar-refractivity contribution is 0.102. The molecule has 0 aliphatic rings. The maximum atomic E-state index is 12.1. The van der Waals surface area contributed by atoms with Gasteiger partial charge in [-0.2, -0.15) is 0 Å². The van der Waals surface area contributed by atoms with Crippen LogP contribution in [0.3, 0.4) is 0 Å². The largest absolute Gasteiger partial charge is 0.493 e. The topological polar surface area (TPSA) is 91.2 Å². The number of rotatable bonds is 6. The van der Waals surface area contributed by atoms with Crippen LogP contribution in [0.25, 0.3) is 0 Å². The Bertz CT molecular complexity index is 890. The molecule has 0 bridgehead atoms. The Hall–Kier alpha value is -2.94. The van der Waals surface area contributed by atoms with Crippen LogP contribution in [0.4, 0.5) is 5.13 Å². The molecule has 0 fully saturated rings. The first kappa shape index (κ1) is 16.9. The number of aryl methyl sites for hydroxylation is 1. The van der Waals surface area contributed by atoms with E-state index < -0.39 is 0 Å². The van der Waals surface area contributed by atoms with E-state index in [0.717, 1.165) is 10.6 Å². The number of imidazole rings is 1. The van der Waals surface area contributed by atoms with Gasteiger partial charge in [-0.3, -0.25) is 10.1 Å². The average molecular weight is 359 g/mol. The van der Waals surface area contributed by atoms with Gasteiger partial charge in [0.2, 0.25) is 5.13 Å². The third-order valence-electron chi connectivity index (χ3n) is 3.43. The molecule has 2 heterocycles. The third-order valence-corrected chi connectivity index (χ3v) is 4.27. The van der Waals surface area contributed by atoms with Gasteiger partial charge in [0.25, 0.3) is 5.91 Å². The molecule has 0 aliphatic heterocycles. The minimum atomic E-state index is -0.311. The van der Waals surface area contributed by atoms with Gasteiger partial charge in [-0.15, -0.1) is 10.2 Å². The minimum Gasteiger partial charge on any atom is -0.493 e. The smallest absolute Gasteiger partial charge is 0.277 e. The number of nitrogens with one attached hydrogen (secondary N) is 1. The number of hydrogen-bond acceptors (Lipinski definition) is 7. The molecule has 9 heteroatoms. The van der Waals surface area contributed by atoms with Crippen molar-refractivity contribution in [1.29, 1.82) is 0 Å². The van der Waals surface area contributed by atoms with Crippen LogP contribution >= 0.6 is 11.3 Å². The zero-order valence-electron chi connectivity index (χ0n) is 14.0. The van der Waals surface area contributed by atoms with E-state index in [1.165, 1.54) is 11.3 Å². The highest BCUT2D eigenvalue weighted by Crippen LogP contribution is 2.29. The molecule has 3 aromatic rings. The monoisotopic (exact) mass is 359 g/mol. The van der Waals surface area contributed by atoms with Crippen LogP contribution in [-0.4, -0.2) is 39.9 Å². The van der Waals surface area contributed by atoms with Crippen molar-refractivity contribution in [3.05, 3.63) is 47.0 Å². The second-order valence-electron chi connectivity index (χ2n) is 5.25. The Balaban J connectivity index is 1.68. The lowest BCUT2D eigenvalue weighted by Gasteiger charge is -2.08. The van der Waals surface area contributed by atoms with Crippen molar-refractivity contribution in [2.45, 2.75) is 6.42 Å². The molecule has 0 atom stereocenters. The number of carbonyl (C=O) groups excluding carboxylic acids is 1. The Kier molecular flexibility index (Phi) is 4.94. The number of aromatic nitrogens is 4. The average Bonchev–Trinajstić information content (AvgIpc) is 3.23. The standard InChI is InChI=1S/C16H17N5O3S/c1-21-8-11(17-9-21)15(22)18-16-20-19-14(25-16)7-10-4-5-12(23-2)13(6-10)24-3/h4-6,8-9H,7H2,1-3H3,(H,18,20,22). The van der Waals surface area contributed by atoms with E-state index in [0.29, 0.717) is 28.7 Å². The molecule has 8 nitrogen and oxygen atoms in total. The summed E-state index contributed by atoms with van der Waals surface area (Å²) in [7, 11) is 4.99. The first-order valence-electron chi connectivity index (χ1n) is 7.41. The van der Waals surface area contributed by atoms with E-state index >= 15 is 0 Å². The zero-order valence-corrected chi connectivity index (χ0v) is 14.8. The van der Waals surface area contributed by atoms with E-state index in [-0.39, 0.29) is 5.91 Å². The summed E-state index contributed by atoms with van der Waals surface area (Å²) in [5.41, 5.74) is 1.34. The normalized spacial score (nSPS) is 10.5. The minimum absolute atomic E-state index is 0.311. The molecule has 0 radical (unpaired) electrons. The first-order valence-corrected chi connectivity index (χ1v) is 8.23. The van der Waals surface area contributed by atoms with Gasteiger partial charge >= 0.3 is 0 Å². The Morgan fingerprint density at radius 2 is 2.04 bits per heavy atom. The Labute approximate surface area is 148 Å². The summed E-state index contributed by atoms with van der Waals surface area (Å²) in [6.45, 7) is 0. The predicted octanol–water partition coefficient (Wildman–Crippen LogP) is 2.13. The van der Waals surface area contributed by atoms with Crippen molar-refractivity contribution >= 4 is 22.4 Å². The molecule has 1 amide bonds.